The van der Waals surface area contributed by atoms with Crippen LogP contribution in [0.4, 0.5) is 10.2 Å². The van der Waals surface area contributed by atoms with Crippen molar-refractivity contribution in [3.05, 3.63) is 52.2 Å². The molecule has 1 aliphatic carbocycles. The van der Waals surface area contributed by atoms with Crippen LogP contribution in [0.25, 0.3) is 0 Å². The van der Waals surface area contributed by atoms with Gasteiger partial charge in [-0.3, -0.25) is 4.79 Å². The first kappa shape index (κ1) is 22.9. The van der Waals surface area contributed by atoms with Crippen LogP contribution in [0, 0.1) is 5.82 Å². The molecule has 0 bridgehead atoms. The number of rotatable bonds is 5. The van der Waals surface area contributed by atoms with Crippen molar-refractivity contribution in [3.63, 3.8) is 0 Å². The van der Waals surface area contributed by atoms with E-state index in [-0.39, 0.29) is 10.9 Å². The molecular formula is C24H31ClFN5O. The molecule has 2 aliphatic rings. The fraction of sp³-hybridized carbons (Fsp3) is 0.542. The summed E-state index contributed by atoms with van der Waals surface area (Å²) in [7, 11) is 0. The molecular weight excluding hydrogens is 429 g/mol. The average molecular weight is 460 g/mol. The average Bonchev–Trinajstić information content (AvgIpc) is 3.14. The lowest BCUT2D eigenvalue weighted by Crippen LogP contribution is -2.51. The fourth-order valence-electron chi connectivity index (χ4n) is 4.84. The molecule has 2 aromatic rings. The highest BCUT2D eigenvalue weighted by atomic mass is 35.5. The van der Waals surface area contributed by atoms with Crippen molar-refractivity contribution in [2.75, 3.05) is 31.1 Å². The number of hydrogen-bond acceptors (Lipinski definition) is 5. The van der Waals surface area contributed by atoms with Crippen molar-refractivity contribution in [1.82, 2.24) is 14.9 Å². The van der Waals surface area contributed by atoms with Crippen molar-refractivity contribution < 1.29 is 9.18 Å². The van der Waals surface area contributed by atoms with Gasteiger partial charge in [-0.2, -0.15) is 0 Å². The van der Waals surface area contributed by atoms with Gasteiger partial charge >= 0.3 is 0 Å². The van der Waals surface area contributed by atoms with Crippen LogP contribution in [-0.2, 0) is 11.2 Å². The minimum Gasteiger partial charge on any atom is -0.353 e. The number of aromatic nitrogens is 2. The normalized spacial score (nSPS) is 19.8. The van der Waals surface area contributed by atoms with E-state index in [0.29, 0.717) is 44.1 Å². The lowest BCUT2D eigenvalue weighted by molar-refractivity contribution is -0.133. The molecule has 2 heterocycles. The van der Waals surface area contributed by atoms with E-state index in [1.165, 1.54) is 17.7 Å². The Labute approximate surface area is 194 Å². The monoisotopic (exact) mass is 459 g/mol. The molecule has 0 radical (unpaired) electrons. The maximum Gasteiger partial charge on any atom is 0.230 e. The zero-order chi connectivity index (χ0) is 23.0. The zero-order valence-corrected chi connectivity index (χ0v) is 19.7. The van der Waals surface area contributed by atoms with Gasteiger partial charge in [0.25, 0.3) is 0 Å². The Morgan fingerprint density at radius 1 is 1.28 bits per heavy atom. The van der Waals surface area contributed by atoms with Crippen LogP contribution in [0.5, 0.6) is 0 Å². The second-order valence-corrected chi connectivity index (χ2v) is 10.1. The van der Waals surface area contributed by atoms with Gasteiger partial charge in [-0.15, -0.1) is 0 Å². The molecule has 1 saturated heterocycles. The van der Waals surface area contributed by atoms with E-state index in [9.17, 15) is 9.18 Å². The van der Waals surface area contributed by atoms with E-state index in [1.807, 2.05) is 18.7 Å². The lowest BCUT2D eigenvalue weighted by Gasteiger charge is -2.38. The maximum absolute atomic E-state index is 14.2. The number of carbonyl (C=O) groups excluding carboxylic acids is 1. The number of nitrogens with zero attached hydrogens (tertiary/aromatic N) is 4. The molecule has 1 fully saturated rings. The Hall–Kier alpha value is -2.25. The first-order valence-corrected chi connectivity index (χ1v) is 11.6. The van der Waals surface area contributed by atoms with Gasteiger partial charge in [0.1, 0.15) is 18.0 Å². The highest BCUT2D eigenvalue weighted by Crippen LogP contribution is 2.37. The van der Waals surface area contributed by atoms with Crippen molar-refractivity contribution in [3.8, 4) is 0 Å². The van der Waals surface area contributed by atoms with Crippen LogP contribution < -0.4 is 10.6 Å². The van der Waals surface area contributed by atoms with Gasteiger partial charge in [0, 0.05) is 43.0 Å². The van der Waals surface area contributed by atoms with E-state index in [2.05, 4.69) is 21.8 Å². The summed E-state index contributed by atoms with van der Waals surface area (Å²) in [5.74, 6) is 0.402. The van der Waals surface area contributed by atoms with Gasteiger partial charge in [-0.1, -0.05) is 24.6 Å². The predicted molar refractivity (Wildman–Crippen MR) is 125 cm³/mol. The number of anilines is 1. The first-order chi connectivity index (χ1) is 15.1. The molecule has 0 unspecified atom stereocenters. The van der Waals surface area contributed by atoms with Gasteiger partial charge < -0.3 is 15.5 Å². The lowest BCUT2D eigenvalue weighted by atomic mass is 9.85. The van der Waals surface area contributed by atoms with Crippen LogP contribution in [0.1, 0.15) is 62.3 Å². The topological polar surface area (TPSA) is 75.4 Å². The minimum atomic E-state index is -0.573. The van der Waals surface area contributed by atoms with Crippen LogP contribution in [0.15, 0.2) is 24.5 Å². The third-order valence-corrected chi connectivity index (χ3v) is 6.82. The third-order valence-electron chi connectivity index (χ3n) is 6.52. The van der Waals surface area contributed by atoms with E-state index >= 15 is 0 Å². The molecule has 1 aromatic carbocycles. The number of nitrogens with two attached hydrogens (primary N) is 1. The molecule has 2 N–H and O–H groups in total. The number of hydrogen-bond donors (Lipinski definition) is 1. The summed E-state index contributed by atoms with van der Waals surface area (Å²) in [5.41, 5.74) is 8.70. The second-order valence-electron chi connectivity index (χ2n) is 9.73. The number of fused-ring (bicyclic) bond motifs is 1. The highest BCUT2D eigenvalue weighted by molar-refractivity contribution is 6.30. The summed E-state index contributed by atoms with van der Waals surface area (Å²) in [6, 6.07) is 4.59. The van der Waals surface area contributed by atoms with Gasteiger partial charge in [0.05, 0.1) is 10.9 Å². The molecule has 1 aliphatic heterocycles. The SMILES string of the molecule is C[C@@H]1CCc2ncnc(N3CCN(C(=O)[C@@H](CC(C)(C)N)c4ccc(Cl)c(F)c4)CC3)c21. The molecule has 2 atom stereocenters. The fourth-order valence-corrected chi connectivity index (χ4v) is 4.95. The van der Waals surface area contributed by atoms with Crippen molar-refractivity contribution >= 4 is 23.3 Å². The Bertz CT molecular complexity index is 1000. The van der Waals surface area contributed by atoms with Gasteiger partial charge in [-0.25, -0.2) is 14.4 Å². The zero-order valence-electron chi connectivity index (χ0n) is 18.9. The second kappa shape index (κ2) is 8.94. The molecule has 172 valence electrons. The first-order valence-electron chi connectivity index (χ1n) is 11.3. The summed E-state index contributed by atoms with van der Waals surface area (Å²) in [6.07, 6.45) is 4.18. The molecule has 0 spiro atoms. The van der Waals surface area contributed by atoms with Gasteiger partial charge in [0.2, 0.25) is 5.91 Å². The highest BCUT2D eigenvalue weighted by Gasteiger charge is 2.34. The molecule has 1 amide bonds. The third kappa shape index (κ3) is 4.74. The summed E-state index contributed by atoms with van der Waals surface area (Å²) in [6.45, 7) is 8.57. The summed E-state index contributed by atoms with van der Waals surface area (Å²) >= 11 is 5.86. The standard InChI is InChI=1S/C24H31ClFN5O/c1-15-4-7-20-21(15)22(29-14-28-20)30-8-10-31(11-9-30)23(32)17(13-24(2,3)27)16-5-6-18(25)19(26)12-16/h5-6,12,14-15,17H,4,7-11,13,27H2,1-3H3/t15-,17+/m1/s1. The van der Waals surface area contributed by atoms with Crippen LogP contribution in [0.3, 0.4) is 0 Å². The summed E-state index contributed by atoms with van der Waals surface area (Å²) in [5, 5.41) is 0.0483. The van der Waals surface area contributed by atoms with Crippen molar-refractivity contribution in [2.24, 2.45) is 5.73 Å². The number of carbonyl (C=O) groups is 1. The Kier molecular flexibility index (Phi) is 6.41. The van der Waals surface area contributed by atoms with Crippen molar-refractivity contribution in [1.29, 1.82) is 0 Å². The van der Waals surface area contributed by atoms with E-state index in [1.54, 1.807) is 12.4 Å². The van der Waals surface area contributed by atoms with E-state index in [4.69, 9.17) is 17.3 Å². The molecule has 4 rings (SSSR count). The summed E-state index contributed by atoms with van der Waals surface area (Å²) < 4.78 is 14.2. The number of aryl methyl sites for hydroxylation is 1. The van der Waals surface area contributed by atoms with Crippen LogP contribution >= 0.6 is 11.6 Å². The Morgan fingerprint density at radius 2 is 2.00 bits per heavy atom. The molecule has 0 saturated carbocycles. The number of amides is 1. The summed E-state index contributed by atoms with van der Waals surface area (Å²) in [4.78, 5) is 26.7. The quantitative estimate of drug-likeness (QED) is 0.734. The van der Waals surface area contributed by atoms with Gasteiger partial charge in [-0.05, 0) is 56.7 Å². The van der Waals surface area contributed by atoms with Crippen LogP contribution in [-0.4, -0.2) is 52.5 Å². The predicted octanol–water partition coefficient (Wildman–Crippen LogP) is 3.88. The van der Waals surface area contributed by atoms with E-state index < -0.39 is 17.3 Å². The van der Waals surface area contributed by atoms with Gasteiger partial charge in [0.15, 0.2) is 0 Å². The largest absolute Gasteiger partial charge is 0.353 e. The van der Waals surface area contributed by atoms with Crippen molar-refractivity contribution in [2.45, 2.75) is 57.4 Å². The molecule has 8 heteroatoms. The van der Waals surface area contributed by atoms with E-state index in [0.717, 1.165) is 24.4 Å². The maximum atomic E-state index is 14.2. The molecule has 32 heavy (non-hydrogen) atoms. The molecule has 6 nitrogen and oxygen atoms in total. The Balaban J connectivity index is 1.51. The number of halogens is 2. The smallest absolute Gasteiger partial charge is 0.230 e. The Morgan fingerprint density at radius 3 is 2.66 bits per heavy atom. The molecule has 1 aromatic heterocycles. The number of piperazine rings is 1. The minimum absolute atomic E-state index is 0.0221. The number of benzene rings is 1. The van der Waals surface area contributed by atoms with Crippen LogP contribution in [0.2, 0.25) is 5.02 Å².